The fraction of sp³-hybridized carbons (Fsp3) is 0.211. The molecule has 0 N–H and O–H groups in total. The highest BCUT2D eigenvalue weighted by atomic mass is 32.2. The van der Waals surface area contributed by atoms with Gasteiger partial charge in [0.25, 0.3) is 0 Å². The summed E-state index contributed by atoms with van der Waals surface area (Å²) in [5, 5.41) is 8.63. The van der Waals surface area contributed by atoms with E-state index in [1.165, 1.54) is 9.09 Å². The van der Waals surface area contributed by atoms with Gasteiger partial charge >= 0.3 is 7.41 Å². The number of pyridine rings is 1. The Morgan fingerprint density at radius 3 is 3.04 bits per heavy atom. The normalized spacial score (nSPS) is 13.4. The van der Waals surface area contributed by atoms with Crippen LogP contribution in [0, 0.1) is 11.3 Å². The number of rotatable bonds is 6. The molecule has 3 aromatic rings. The van der Waals surface area contributed by atoms with Gasteiger partial charge < -0.3 is 4.90 Å². The highest BCUT2D eigenvalue weighted by molar-refractivity contribution is 8.01. The molecule has 0 aromatic carbocycles. The number of thioether (sulfide) groups is 1. The molecule has 127 valence electrons. The number of unbranched alkanes of at least 4 members (excludes halogenated alkanes) is 1. The van der Waals surface area contributed by atoms with Crippen molar-refractivity contribution in [2.24, 2.45) is 4.90 Å². The van der Waals surface area contributed by atoms with Gasteiger partial charge in [0.05, 0.1) is 27.0 Å². The summed E-state index contributed by atoms with van der Waals surface area (Å²) >= 11 is 3.59. The maximum Gasteiger partial charge on any atom is 0.305 e. The first kappa shape index (κ1) is 17.1. The first-order chi connectivity index (χ1) is 12.8. The van der Waals surface area contributed by atoms with Gasteiger partial charge in [-0.2, -0.15) is 5.26 Å². The molecule has 7 heteroatoms. The monoisotopic (exact) mass is 375 g/mol. The molecule has 0 unspecified atom stereocenters. The van der Waals surface area contributed by atoms with Crippen LogP contribution in [0.4, 0.5) is 0 Å². The maximum absolute atomic E-state index is 8.63. The lowest BCUT2D eigenvalue weighted by molar-refractivity contribution is 0.982. The second-order valence-electron chi connectivity index (χ2n) is 5.96. The van der Waals surface area contributed by atoms with Gasteiger partial charge in [0.15, 0.2) is 0 Å². The van der Waals surface area contributed by atoms with Crippen LogP contribution in [-0.2, 0) is 0 Å². The van der Waals surface area contributed by atoms with Crippen LogP contribution < -0.4 is 0 Å². The zero-order valence-corrected chi connectivity index (χ0v) is 16.0. The van der Waals surface area contributed by atoms with Crippen LogP contribution in [0.2, 0.25) is 0 Å². The Kier molecular flexibility index (Phi) is 4.96. The van der Waals surface area contributed by atoms with E-state index >= 15 is 0 Å². The average Bonchev–Trinajstić information content (AvgIpc) is 3.37. The third-order valence-electron chi connectivity index (χ3n) is 4.23. The Hall–Kier alpha value is -2.30. The SMILES string of the molecule is CC1=N[B]C=C1c1ccc2ncc(-c3ccc(SCCCC#N)s3)n2c1. The van der Waals surface area contributed by atoms with Crippen molar-refractivity contribution in [3.05, 3.63) is 48.2 Å². The molecule has 1 aliphatic heterocycles. The van der Waals surface area contributed by atoms with Crippen LogP contribution in [0.5, 0.6) is 0 Å². The minimum atomic E-state index is 0.622. The van der Waals surface area contributed by atoms with E-state index in [-0.39, 0.29) is 0 Å². The average molecular weight is 375 g/mol. The standard InChI is InChI=1S/C19H16BN4S2/c1-13-15(10-20-23-13)14-4-6-18-22-11-16(24(18)12-14)17-5-7-19(26-17)25-9-3-2-8-21/h4-7,10-12H,2-3,9H2,1H3. The predicted molar refractivity (Wildman–Crippen MR) is 111 cm³/mol. The predicted octanol–water partition coefficient (Wildman–Crippen LogP) is 4.89. The summed E-state index contributed by atoms with van der Waals surface area (Å²) in [7, 11) is 1.85. The lowest BCUT2D eigenvalue weighted by Gasteiger charge is -2.06. The fourth-order valence-electron chi connectivity index (χ4n) is 2.90. The van der Waals surface area contributed by atoms with Gasteiger partial charge in [-0.15, -0.1) is 23.1 Å². The van der Waals surface area contributed by atoms with Crippen LogP contribution in [0.1, 0.15) is 25.3 Å². The van der Waals surface area contributed by atoms with E-state index in [4.69, 9.17) is 5.26 Å². The molecule has 0 spiro atoms. The van der Waals surface area contributed by atoms with E-state index in [1.54, 1.807) is 11.3 Å². The molecule has 0 aliphatic carbocycles. The molecule has 4 heterocycles. The molecular formula is C19H16BN4S2. The summed E-state index contributed by atoms with van der Waals surface area (Å²) in [5.41, 5.74) is 5.39. The van der Waals surface area contributed by atoms with Crippen LogP contribution in [0.3, 0.4) is 0 Å². The van der Waals surface area contributed by atoms with Crippen molar-refractivity contribution in [2.75, 3.05) is 5.75 Å². The summed E-state index contributed by atoms with van der Waals surface area (Å²) in [6, 6.07) is 10.7. The van der Waals surface area contributed by atoms with E-state index in [9.17, 15) is 0 Å². The summed E-state index contributed by atoms with van der Waals surface area (Å²) in [6.45, 7) is 2.03. The molecule has 0 bridgehead atoms. The second-order valence-corrected chi connectivity index (χ2v) is 8.44. The van der Waals surface area contributed by atoms with E-state index in [2.05, 4.69) is 50.8 Å². The Morgan fingerprint density at radius 2 is 2.23 bits per heavy atom. The molecule has 26 heavy (non-hydrogen) atoms. The van der Waals surface area contributed by atoms with E-state index in [1.807, 2.05) is 38.3 Å². The summed E-state index contributed by atoms with van der Waals surface area (Å²) < 4.78 is 3.43. The number of imidazole rings is 1. The zero-order chi connectivity index (χ0) is 17.9. The number of nitriles is 1. The van der Waals surface area contributed by atoms with Gasteiger partial charge in [-0.3, -0.25) is 4.40 Å². The van der Waals surface area contributed by atoms with Gasteiger partial charge in [-0.25, -0.2) is 4.98 Å². The number of aromatic nitrogens is 2. The molecule has 3 aromatic heterocycles. The minimum absolute atomic E-state index is 0.622. The van der Waals surface area contributed by atoms with Crippen LogP contribution >= 0.6 is 23.1 Å². The molecule has 4 rings (SSSR count). The Morgan fingerprint density at radius 1 is 1.31 bits per heavy atom. The molecule has 1 radical (unpaired) electrons. The number of hydrogen-bond acceptors (Lipinski definition) is 5. The van der Waals surface area contributed by atoms with Crippen LogP contribution in [-0.4, -0.2) is 28.3 Å². The largest absolute Gasteiger partial charge is 0.346 e. The minimum Gasteiger partial charge on any atom is -0.346 e. The molecule has 0 fully saturated rings. The van der Waals surface area contributed by atoms with Gasteiger partial charge in [0, 0.05) is 18.3 Å². The molecule has 1 aliphatic rings. The molecule has 0 saturated carbocycles. The summed E-state index contributed by atoms with van der Waals surface area (Å²) in [5.74, 6) is 3.03. The van der Waals surface area contributed by atoms with Crippen molar-refractivity contribution in [2.45, 2.75) is 24.0 Å². The van der Waals surface area contributed by atoms with Crippen molar-refractivity contribution in [3.8, 4) is 16.6 Å². The van der Waals surface area contributed by atoms with E-state index in [0.717, 1.165) is 40.4 Å². The Balaban J connectivity index is 1.62. The maximum atomic E-state index is 8.63. The van der Waals surface area contributed by atoms with E-state index < -0.39 is 0 Å². The molecule has 0 amide bonds. The van der Waals surface area contributed by atoms with Crippen molar-refractivity contribution < 1.29 is 0 Å². The van der Waals surface area contributed by atoms with Crippen molar-refractivity contribution in [1.29, 1.82) is 5.26 Å². The number of hydrogen-bond donors (Lipinski definition) is 0. The van der Waals surface area contributed by atoms with Crippen LogP contribution in [0.25, 0.3) is 21.8 Å². The van der Waals surface area contributed by atoms with E-state index in [0.29, 0.717) is 6.42 Å². The van der Waals surface area contributed by atoms with Crippen LogP contribution in [0.15, 0.2) is 51.7 Å². The van der Waals surface area contributed by atoms with Gasteiger partial charge in [0.1, 0.15) is 5.65 Å². The second kappa shape index (κ2) is 7.52. The molecule has 4 nitrogen and oxygen atoms in total. The Labute approximate surface area is 161 Å². The van der Waals surface area contributed by atoms with Gasteiger partial charge in [-0.05, 0) is 54.5 Å². The smallest absolute Gasteiger partial charge is 0.305 e. The number of nitrogens with zero attached hydrogens (tertiary/aromatic N) is 4. The third kappa shape index (κ3) is 3.35. The highest BCUT2D eigenvalue weighted by Crippen LogP contribution is 2.35. The quantitative estimate of drug-likeness (QED) is 0.350. The molecule has 0 atom stereocenters. The summed E-state index contributed by atoms with van der Waals surface area (Å²) in [4.78, 5) is 10.1. The third-order valence-corrected chi connectivity index (χ3v) is 6.65. The Bertz CT molecular complexity index is 1060. The van der Waals surface area contributed by atoms with Gasteiger partial charge in [-0.1, -0.05) is 5.98 Å². The molecule has 0 saturated heterocycles. The van der Waals surface area contributed by atoms with Crippen molar-refractivity contribution >= 4 is 47.4 Å². The topological polar surface area (TPSA) is 53.5 Å². The first-order valence-electron chi connectivity index (χ1n) is 8.42. The van der Waals surface area contributed by atoms with Gasteiger partial charge in [0.2, 0.25) is 0 Å². The fourth-order valence-corrected chi connectivity index (χ4v) is 5.05. The first-order valence-corrected chi connectivity index (χ1v) is 10.2. The number of allylic oxidation sites excluding steroid dienone is 1. The van der Waals surface area contributed by atoms with Crippen molar-refractivity contribution in [3.63, 3.8) is 0 Å². The number of thiophene rings is 1. The lowest BCUT2D eigenvalue weighted by atomic mass is 9.94. The zero-order valence-electron chi connectivity index (χ0n) is 14.3. The molecular weight excluding hydrogens is 359 g/mol. The van der Waals surface area contributed by atoms with Crippen molar-refractivity contribution in [1.82, 2.24) is 9.38 Å². The lowest BCUT2D eigenvalue weighted by Crippen LogP contribution is -1.96. The number of fused-ring (bicyclic) bond motifs is 1. The highest BCUT2D eigenvalue weighted by Gasteiger charge is 2.14. The summed E-state index contributed by atoms with van der Waals surface area (Å²) in [6.07, 6.45) is 5.63.